The van der Waals surface area contributed by atoms with Crippen molar-refractivity contribution < 1.29 is 9.59 Å². The van der Waals surface area contributed by atoms with Crippen LogP contribution in [-0.4, -0.2) is 39.1 Å². The molecule has 0 bridgehead atoms. The maximum atomic E-state index is 13.1. The number of nitrogens with two attached hydrogens (primary N) is 1. The third kappa shape index (κ3) is 3.43. The van der Waals surface area contributed by atoms with Crippen LogP contribution in [0.2, 0.25) is 0 Å². The molecule has 6 heteroatoms. The molecule has 2 N–H and O–H groups in total. The van der Waals surface area contributed by atoms with Gasteiger partial charge >= 0.3 is 0 Å². The van der Waals surface area contributed by atoms with Gasteiger partial charge in [-0.15, -0.1) is 0 Å². The number of carbonyl (C=O) groups excluding carboxylic acids is 2. The van der Waals surface area contributed by atoms with E-state index < -0.39 is 0 Å². The fraction of sp³-hybridized carbons (Fsp3) is 0.421. The quantitative estimate of drug-likeness (QED) is 0.927. The van der Waals surface area contributed by atoms with E-state index in [0.29, 0.717) is 12.1 Å². The molecule has 1 atom stereocenters. The molecule has 6 nitrogen and oxygen atoms in total. The van der Waals surface area contributed by atoms with E-state index in [1.54, 1.807) is 15.8 Å². The van der Waals surface area contributed by atoms with E-state index in [9.17, 15) is 9.59 Å². The number of aromatic nitrogens is 2. The van der Waals surface area contributed by atoms with E-state index >= 15 is 0 Å². The van der Waals surface area contributed by atoms with Crippen LogP contribution in [0.25, 0.3) is 5.69 Å². The minimum absolute atomic E-state index is 0.0664. The fourth-order valence-electron chi connectivity index (χ4n) is 3.53. The molecular weight excluding hydrogens is 316 g/mol. The second kappa shape index (κ2) is 7.09. The van der Waals surface area contributed by atoms with Gasteiger partial charge in [0, 0.05) is 19.0 Å². The van der Waals surface area contributed by atoms with Crippen molar-refractivity contribution in [1.82, 2.24) is 14.7 Å². The Morgan fingerprint density at radius 1 is 1.24 bits per heavy atom. The summed E-state index contributed by atoms with van der Waals surface area (Å²) in [5.41, 5.74) is 8.81. The Balaban J connectivity index is 1.90. The number of nitrogens with zero attached hydrogens (tertiary/aromatic N) is 3. The van der Waals surface area contributed by atoms with E-state index in [-0.39, 0.29) is 24.3 Å². The number of carbonyl (C=O) groups is 2. The second-order valence-corrected chi connectivity index (χ2v) is 6.66. The number of benzene rings is 1. The van der Waals surface area contributed by atoms with Crippen LogP contribution in [0.3, 0.4) is 0 Å². The van der Waals surface area contributed by atoms with Crippen LogP contribution in [0.15, 0.2) is 30.5 Å². The van der Waals surface area contributed by atoms with Crippen LogP contribution in [0.4, 0.5) is 0 Å². The highest BCUT2D eigenvalue weighted by Gasteiger charge is 2.30. The SMILES string of the molecule is Cc1ccccc1-n1ncc(C(=O)N2CCCC[C@H]2CC(N)=O)c1C. The first-order valence-corrected chi connectivity index (χ1v) is 8.69. The highest BCUT2D eigenvalue weighted by Crippen LogP contribution is 2.24. The number of piperidine rings is 1. The number of aryl methyl sites for hydroxylation is 1. The van der Waals surface area contributed by atoms with Gasteiger partial charge < -0.3 is 10.6 Å². The molecule has 0 aliphatic carbocycles. The van der Waals surface area contributed by atoms with Crippen LogP contribution in [-0.2, 0) is 4.79 Å². The van der Waals surface area contributed by atoms with Gasteiger partial charge in [-0.05, 0) is 44.7 Å². The summed E-state index contributed by atoms with van der Waals surface area (Å²) in [6.45, 7) is 4.58. The molecule has 0 radical (unpaired) electrons. The first-order chi connectivity index (χ1) is 12.0. The summed E-state index contributed by atoms with van der Waals surface area (Å²) in [7, 11) is 0. The minimum atomic E-state index is -0.364. The molecular formula is C19H24N4O2. The van der Waals surface area contributed by atoms with Crippen molar-refractivity contribution in [2.24, 2.45) is 5.73 Å². The van der Waals surface area contributed by atoms with Crippen LogP contribution in [0.1, 0.15) is 47.3 Å². The zero-order valence-corrected chi connectivity index (χ0v) is 14.7. The standard InChI is InChI=1S/C19H24N4O2/c1-13-7-3-4-9-17(13)23-14(2)16(12-21-23)19(25)22-10-6-5-8-15(22)11-18(20)24/h3-4,7,9,12,15H,5-6,8,10-11H2,1-2H3,(H2,20,24)/t15-/m0/s1. The van der Waals surface area contributed by atoms with Crippen molar-refractivity contribution in [3.8, 4) is 5.69 Å². The van der Waals surface area contributed by atoms with Crippen LogP contribution < -0.4 is 5.73 Å². The van der Waals surface area contributed by atoms with Gasteiger partial charge in [0.25, 0.3) is 5.91 Å². The van der Waals surface area contributed by atoms with Crippen LogP contribution in [0.5, 0.6) is 0 Å². The Labute approximate surface area is 147 Å². The molecule has 132 valence electrons. The molecule has 1 aliphatic heterocycles. The summed E-state index contributed by atoms with van der Waals surface area (Å²) in [5.74, 6) is -0.430. The van der Waals surface area contributed by atoms with Crippen LogP contribution in [0, 0.1) is 13.8 Å². The molecule has 0 unspecified atom stereocenters. The van der Waals surface area contributed by atoms with E-state index in [2.05, 4.69) is 5.10 Å². The van der Waals surface area contributed by atoms with Crippen molar-refractivity contribution in [3.05, 3.63) is 47.3 Å². The summed E-state index contributed by atoms with van der Waals surface area (Å²) < 4.78 is 1.80. The van der Waals surface area contributed by atoms with Crippen molar-refractivity contribution in [2.75, 3.05) is 6.54 Å². The second-order valence-electron chi connectivity index (χ2n) is 6.66. The van der Waals surface area contributed by atoms with E-state index in [4.69, 9.17) is 5.73 Å². The third-order valence-corrected chi connectivity index (χ3v) is 4.91. The molecule has 0 spiro atoms. The molecule has 1 saturated heterocycles. The smallest absolute Gasteiger partial charge is 0.257 e. The molecule has 0 saturated carbocycles. The first kappa shape index (κ1) is 17.2. The predicted molar refractivity (Wildman–Crippen MR) is 95.5 cm³/mol. The van der Waals surface area contributed by atoms with E-state index in [0.717, 1.165) is 36.2 Å². The summed E-state index contributed by atoms with van der Waals surface area (Å²) in [5, 5.41) is 4.43. The number of likely N-dealkylation sites (tertiary alicyclic amines) is 1. The third-order valence-electron chi connectivity index (χ3n) is 4.91. The fourth-order valence-corrected chi connectivity index (χ4v) is 3.53. The van der Waals surface area contributed by atoms with Gasteiger partial charge in [-0.3, -0.25) is 9.59 Å². The maximum Gasteiger partial charge on any atom is 0.257 e. The van der Waals surface area contributed by atoms with Gasteiger partial charge in [0.1, 0.15) is 0 Å². The Morgan fingerprint density at radius 2 is 2.00 bits per heavy atom. The summed E-state index contributed by atoms with van der Waals surface area (Å²) in [6.07, 6.45) is 4.63. The Kier molecular flexibility index (Phi) is 4.88. The zero-order chi connectivity index (χ0) is 18.0. The van der Waals surface area contributed by atoms with Gasteiger partial charge in [0.2, 0.25) is 5.91 Å². The summed E-state index contributed by atoms with van der Waals surface area (Å²) in [4.78, 5) is 26.2. The number of hydrogen-bond donors (Lipinski definition) is 1. The lowest BCUT2D eigenvalue weighted by molar-refractivity contribution is -0.119. The predicted octanol–water partition coefficient (Wildman–Crippen LogP) is 2.36. The molecule has 1 fully saturated rings. The van der Waals surface area contributed by atoms with Crippen molar-refractivity contribution in [1.29, 1.82) is 0 Å². The lowest BCUT2D eigenvalue weighted by atomic mass is 9.98. The Hall–Kier alpha value is -2.63. The lowest BCUT2D eigenvalue weighted by Gasteiger charge is -2.35. The number of amides is 2. The minimum Gasteiger partial charge on any atom is -0.370 e. The molecule has 1 aromatic carbocycles. The molecule has 3 rings (SSSR count). The molecule has 1 aromatic heterocycles. The van der Waals surface area contributed by atoms with Gasteiger partial charge in [0.15, 0.2) is 0 Å². The molecule has 2 aromatic rings. The topological polar surface area (TPSA) is 81.2 Å². The highest BCUT2D eigenvalue weighted by atomic mass is 16.2. The molecule has 25 heavy (non-hydrogen) atoms. The zero-order valence-electron chi connectivity index (χ0n) is 14.7. The molecule has 2 amide bonds. The average Bonchev–Trinajstić information content (AvgIpc) is 2.96. The van der Waals surface area contributed by atoms with Crippen molar-refractivity contribution in [3.63, 3.8) is 0 Å². The van der Waals surface area contributed by atoms with Gasteiger partial charge in [-0.2, -0.15) is 5.10 Å². The summed E-state index contributed by atoms with van der Waals surface area (Å²) >= 11 is 0. The van der Waals surface area contributed by atoms with Gasteiger partial charge in [0.05, 0.1) is 23.1 Å². The molecule has 1 aliphatic rings. The molecule has 2 heterocycles. The monoisotopic (exact) mass is 340 g/mol. The number of para-hydroxylation sites is 1. The summed E-state index contributed by atoms with van der Waals surface area (Å²) in [6, 6.07) is 7.83. The van der Waals surface area contributed by atoms with E-state index in [1.807, 2.05) is 38.1 Å². The lowest BCUT2D eigenvalue weighted by Crippen LogP contribution is -2.45. The largest absolute Gasteiger partial charge is 0.370 e. The van der Waals surface area contributed by atoms with Crippen molar-refractivity contribution >= 4 is 11.8 Å². The maximum absolute atomic E-state index is 13.1. The normalized spacial score (nSPS) is 17.5. The van der Waals surface area contributed by atoms with Gasteiger partial charge in [-0.1, -0.05) is 18.2 Å². The van der Waals surface area contributed by atoms with E-state index in [1.165, 1.54) is 0 Å². The Morgan fingerprint density at radius 3 is 2.72 bits per heavy atom. The number of rotatable bonds is 4. The van der Waals surface area contributed by atoms with Crippen LogP contribution >= 0.6 is 0 Å². The van der Waals surface area contributed by atoms with Crippen molar-refractivity contribution in [2.45, 2.75) is 45.6 Å². The number of hydrogen-bond acceptors (Lipinski definition) is 3. The number of primary amides is 1. The first-order valence-electron chi connectivity index (χ1n) is 8.69. The average molecular weight is 340 g/mol. The van der Waals surface area contributed by atoms with Gasteiger partial charge in [-0.25, -0.2) is 4.68 Å². The Bertz CT molecular complexity index is 796. The highest BCUT2D eigenvalue weighted by molar-refractivity contribution is 5.95.